The third-order valence-electron chi connectivity index (χ3n) is 4.97. The van der Waals surface area contributed by atoms with Gasteiger partial charge in [-0.3, -0.25) is 4.79 Å². The Morgan fingerprint density at radius 3 is 2.24 bits per heavy atom. The number of aromatic nitrogens is 3. The zero-order chi connectivity index (χ0) is 25.4. The van der Waals surface area contributed by atoms with E-state index in [1.54, 1.807) is 6.92 Å². The molecule has 2 heterocycles. The van der Waals surface area contributed by atoms with Crippen LogP contribution in [0.15, 0.2) is 48.5 Å². The maximum absolute atomic E-state index is 12.4. The average Bonchev–Trinajstić information content (AvgIpc) is 3.42. The zero-order valence-electron chi connectivity index (χ0n) is 21.4. The minimum atomic E-state index is -1.16. The molecule has 0 spiro atoms. The monoisotopic (exact) mass is 480 g/mol. The molecule has 1 unspecified atom stereocenters. The number of Topliss-reactive ketones (excluding diaryl/α,β-unsaturated/α-hetero) is 1. The van der Waals surface area contributed by atoms with Gasteiger partial charge in [-0.25, -0.2) is 9.19 Å². The Morgan fingerprint density at radius 2 is 1.65 bits per heavy atom. The second-order valence-electron chi connectivity index (χ2n) is 7.56. The Labute approximate surface area is 205 Å². The molecular weight excluding hydrogens is 444 g/mol. The molecule has 0 saturated carbocycles. The lowest BCUT2D eigenvalue weighted by molar-refractivity contribution is 0.101. The van der Waals surface area contributed by atoms with Crippen molar-refractivity contribution in [3.63, 3.8) is 0 Å². The van der Waals surface area contributed by atoms with Gasteiger partial charge in [0.15, 0.2) is 11.6 Å². The van der Waals surface area contributed by atoms with Gasteiger partial charge in [0.1, 0.15) is 11.0 Å². The van der Waals surface area contributed by atoms with E-state index in [1.165, 1.54) is 0 Å². The molecule has 2 aromatic heterocycles. The second kappa shape index (κ2) is 12.3. The molecule has 0 aliphatic carbocycles. The molecule has 0 amide bonds. The van der Waals surface area contributed by atoms with Gasteiger partial charge in [0.05, 0.1) is 16.7 Å². The van der Waals surface area contributed by atoms with Crippen molar-refractivity contribution in [1.82, 2.24) is 15.0 Å². The van der Waals surface area contributed by atoms with Crippen molar-refractivity contribution >= 4 is 33.5 Å². The Bertz CT molecular complexity index is 1260. The summed E-state index contributed by atoms with van der Waals surface area (Å²) in [5.74, 6) is 0.661. The summed E-state index contributed by atoms with van der Waals surface area (Å²) in [6, 6.07) is 15.5. The standard InChI is InChI=1S/C23H24N4O2S.2C2H6/c1-13(2)30(29)27-17-10-11-18-19(12-17)26-23(25-18)22-21(16-8-6-5-7-9-16)20(15(4)28)14(3)24-22;2*1-2/h5-13,24,27H,1-4H3,(H,25,26);2*1-2H3. The number of carbonyl (C=O) groups is 1. The topological polar surface area (TPSA) is 90.6 Å². The lowest BCUT2D eigenvalue weighted by Crippen LogP contribution is -2.14. The first kappa shape index (κ1) is 27.1. The number of aromatic amines is 2. The van der Waals surface area contributed by atoms with Gasteiger partial charge in [-0.05, 0) is 51.5 Å². The number of H-pyrrole nitrogens is 2. The third kappa shape index (κ3) is 5.83. The first-order valence-electron chi connectivity index (χ1n) is 11.8. The number of fused-ring (bicyclic) bond motifs is 1. The number of anilines is 1. The van der Waals surface area contributed by atoms with Gasteiger partial charge in [-0.1, -0.05) is 58.0 Å². The number of aryl methyl sites for hydroxylation is 1. The molecule has 2 aromatic carbocycles. The predicted molar refractivity (Wildman–Crippen MR) is 146 cm³/mol. The molecule has 182 valence electrons. The summed E-state index contributed by atoms with van der Waals surface area (Å²) in [5, 5.41) is 0.0124. The van der Waals surface area contributed by atoms with E-state index in [0.29, 0.717) is 11.4 Å². The predicted octanol–water partition coefficient (Wildman–Crippen LogP) is 7.27. The van der Waals surface area contributed by atoms with Gasteiger partial charge in [0, 0.05) is 27.8 Å². The SMILES string of the molecule is CC.CC.CC(=O)c1c(C)[nH]c(-c2nc3ccc(NS(=O)C(C)C)cc3[nH]2)c1-c1ccccc1. The summed E-state index contributed by atoms with van der Waals surface area (Å²) in [4.78, 5) is 23.8. The fourth-order valence-corrected chi connectivity index (χ4v) is 4.16. The number of hydrogen-bond acceptors (Lipinski definition) is 3. The summed E-state index contributed by atoms with van der Waals surface area (Å²) in [6.45, 7) is 15.3. The van der Waals surface area contributed by atoms with E-state index in [1.807, 2.05) is 97.0 Å². The molecule has 3 N–H and O–H groups in total. The van der Waals surface area contributed by atoms with Crippen LogP contribution in [0.25, 0.3) is 33.7 Å². The van der Waals surface area contributed by atoms with Gasteiger partial charge in [-0.2, -0.15) is 0 Å². The fraction of sp³-hybridized carbons (Fsp3) is 0.333. The van der Waals surface area contributed by atoms with Crippen LogP contribution in [0.4, 0.5) is 5.69 Å². The highest BCUT2D eigenvalue weighted by atomic mass is 32.2. The van der Waals surface area contributed by atoms with Crippen molar-refractivity contribution in [2.24, 2.45) is 0 Å². The van der Waals surface area contributed by atoms with Crippen molar-refractivity contribution in [2.45, 2.75) is 60.6 Å². The molecule has 34 heavy (non-hydrogen) atoms. The van der Waals surface area contributed by atoms with E-state index in [9.17, 15) is 9.00 Å². The molecule has 4 rings (SSSR count). The van der Waals surface area contributed by atoms with Crippen LogP contribution in [0, 0.1) is 6.92 Å². The maximum Gasteiger partial charge on any atom is 0.162 e. The van der Waals surface area contributed by atoms with Gasteiger partial charge in [0.25, 0.3) is 0 Å². The van der Waals surface area contributed by atoms with E-state index in [0.717, 1.165) is 39.2 Å². The van der Waals surface area contributed by atoms with Crippen molar-refractivity contribution in [1.29, 1.82) is 0 Å². The van der Waals surface area contributed by atoms with Crippen molar-refractivity contribution in [3.8, 4) is 22.6 Å². The highest BCUT2D eigenvalue weighted by Gasteiger charge is 2.22. The average molecular weight is 481 g/mol. The Hall–Kier alpha value is -3.19. The molecule has 0 saturated heterocycles. The smallest absolute Gasteiger partial charge is 0.162 e. The summed E-state index contributed by atoms with van der Waals surface area (Å²) in [7, 11) is -1.16. The molecule has 6 nitrogen and oxygen atoms in total. The molecule has 0 aliphatic heterocycles. The minimum absolute atomic E-state index is 0.00705. The van der Waals surface area contributed by atoms with Crippen LogP contribution in [0.5, 0.6) is 0 Å². The van der Waals surface area contributed by atoms with Crippen LogP contribution in [0.2, 0.25) is 0 Å². The van der Waals surface area contributed by atoms with Crippen LogP contribution in [0.3, 0.4) is 0 Å². The quantitative estimate of drug-likeness (QED) is 0.253. The van der Waals surface area contributed by atoms with Crippen LogP contribution in [-0.2, 0) is 11.0 Å². The number of nitrogens with one attached hydrogen (secondary N) is 3. The second-order valence-corrected chi connectivity index (χ2v) is 9.30. The highest BCUT2D eigenvalue weighted by molar-refractivity contribution is 7.86. The Kier molecular flexibility index (Phi) is 9.81. The van der Waals surface area contributed by atoms with Crippen LogP contribution in [0.1, 0.15) is 64.5 Å². The molecule has 4 aromatic rings. The number of hydrogen-bond donors (Lipinski definition) is 3. The molecule has 0 aliphatic rings. The van der Waals surface area contributed by atoms with Crippen molar-refractivity contribution in [2.75, 3.05) is 4.72 Å². The van der Waals surface area contributed by atoms with Gasteiger partial charge in [0.2, 0.25) is 0 Å². The molecule has 1 atom stereocenters. The number of ketones is 1. The highest BCUT2D eigenvalue weighted by Crippen LogP contribution is 2.36. The summed E-state index contributed by atoms with van der Waals surface area (Å²) in [6.07, 6.45) is 0. The normalized spacial score (nSPS) is 11.3. The summed E-state index contributed by atoms with van der Waals surface area (Å²) < 4.78 is 15.1. The van der Waals surface area contributed by atoms with Crippen molar-refractivity contribution in [3.05, 3.63) is 59.8 Å². The van der Waals surface area contributed by atoms with Crippen LogP contribution in [-0.4, -0.2) is 30.2 Å². The van der Waals surface area contributed by atoms with Gasteiger partial charge in [-0.15, -0.1) is 0 Å². The van der Waals surface area contributed by atoms with E-state index >= 15 is 0 Å². The lowest BCUT2D eigenvalue weighted by Gasteiger charge is -2.08. The molecule has 0 radical (unpaired) electrons. The summed E-state index contributed by atoms with van der Waals surface area (Å²) >= 11 is 0. The number of rotatable bonds is 6. The lowest BCUT2D eigenvalue weighted by atomic mass is 9.98. The third-order valence-corrected chi connectivity index (χ3v) is 6.26. The van der Waals surface area contributed by atoms with Crippen LogP contribution < -0.4 is 4.72 Å². The molecule has 7 heteroatoms. The number of carbonyl (C=O) groups excluding carboxylic acids is 1. The Morgan fingerprint density at radius 1 is 1.00 bits per heavy atom. The van der Waals surface area contributed by atoms with E-state index < -0.39 is 11.0 Å². The van der Waals surface area contributed by atoms with Crippen LogP contribution >= 0.6 is 0 Å². The van der Waals surface area contributed by atoms with E-state index in [2.05, 4.69) is 14.7 Å². The largest absolute Gasteiger partial charge is 0.355 e. The molecular formula is C27H36N4O2S. The number of imidazole rings is 1. The molecule has 0 bridgehead atoms. The van der Waals surface area contributed by atoms with Crippen molar-refractivity contribution < 1.29 is 9.00 Å². The Balaban J connectivity index is 0.000000970. The van der Waals surface area contributed by atoms with E-state index in [4.69, 9.17) is 4.98 Å². The molecule has 0 fully saturated rings. The first-order valence-corrected chi connectivity index (χ1v) is 13.0. The number of nitrogens with zero attached hydrogens (tertiary/aromatic N) is 1. The van der Waals surface area contributed by atoms with Gasteiger partial charge >= 0.3 is 0 Å². The van der Waals surface area contributed by atoms with E-state index in [-0.39, 0.29) is 11.0 Å². The maximum atomic E-state index is 12.4. The minimum Gasteiger partial charge on any atom is -0.355 e. The first-order chi connectivity index (χ1) is 16.3. The number of benzene rings is 2. The zero-order valence-corrected chi connectivity index (χ0v) is 22.2. The summed E-state index contributed by atoms with van der Waals surface area (Å²) in [5.41, 5.74) is 6.45. The van der Waals surface area contributed by atoms with Gasteiger partial charge < -0.3 is 14.7 Å². The fourth-order valence-electron chi connectivity index (χ4n) is 3.56.